The summed E-state index contributed by atoms with van der Waals surface area (Å²) in [5.74, 6) is -2.64. The van der Waals surface area contributed by atoms with Crippen LogP contribution in [0.4, 0.5) is 20.2 Å². The first-order valence-electron chi connectivity index (χ1n) is 7.79. The highest BCUT2D eigenvalue weighted by Gasteiger charge is 2.16. The van der Waals surface area contributed by atoms with E-state index in [2.05, 4.69) is 9.44 Å². The van der Waals surface area contributed by atoms with E-state index in [1.165, 1.54) is 48.5 Å². The number of sulfonamides is 2. The van der Waals surface area contributed by atoms with Crippen LogP contribution in [0, 0.1) is 0 Å². The number of rotatable bonds is 9. The van der Waals surface area contributed by atoms with E-state index in [0.717, 1.165) is 0 Å². The molecule has 11 heteroatoms. The Bertz CT molecular complexity index is 979. The first kappa shape index (κ1) is 21.5. The molecule has 0 aliphatic carbocycles. The number of anilines is 2. The van der Waals surface area contributed by atoms with Crippen LogP contribution < -0.4 is 9.44 Å². The summed E-state index contributed by atoms with van der Waals surface area (Å²) in [5, 5.41) is 0. The van der Waals surface area contributed by atoms with Gasteiger partial charge in [0.2, 0.25) is 10.0 Å². The van der Waals surface area contributed by atoms with Crippen molar-refractivity contribution >= 4 is 43.2 Å². The Kier molecular flexibility index (Phi) is 7.06. The topological polar surface area (TPSA) is 92.3 Å². The fourth-order valence-electron chi connectivity index (χ4n) is 2.14. The predicted octanol–water partition coefficient (Wildman–Crippen LogP) is 3.95. The number of alkyl halides is 2. The van der Waals surface area contributed by atoms with Crippen LogP contribution in [-0.2, 0) is 20.0 Å². The molecule has 0 fully saturated rings. The smallest absolute Gasteiger partial charge is 0.284 e. The zero-order chi connectivity index (χ0) is 20.1. The highest BCUT2D eigenvalue weighted by molar-refractivity contribution is 7.99. The Morgan fingerprint density at radius 1 is 0.963 bits per heavy atom. The minimum absolute atomic E-state index is 0.0782. The number of nitrogens with one attached hydrogen (secondary N) is 2. The van der Waals surface area contributed by atoms with Gasteiger partial charge in [0.25, 0.3) is 15.8 Å². The van der Waals surface area contributed by atoms with Gasteiger partial charge in [-0.2, -0.15) is 8.78 Å². The van der Waals surface area contributed by atoms with E-state index in [0.29, 0.717) is 23.1 Å². The van der Waals surface area contributed by atoms with E-state index in [4.69, 9.17) is 0 Å². The van der Waals surface area contributed by atoms with Crippen LogP contribution in [0.15, 0.2) is 58.3 Å². The average molecular weight is 437 g/mol. The monoisotopic (exact) mass is 436 g/mol. The average Bonchev–Trinajstić information content (AvgIpc) is 2.55. The zero-order valence-corrected chi connectivity index (χ0v) is 16.7. The van der Waals surface area contributed by atoms with Crippen molar-refractivity contribution in [2.45, 2.75) is 28.9 Å². The molecule has 0 aromatic heterocycles. The van der Waals surface area contributed by atoms with E-state index >= 15 is 0 Å². The summed E-state index contributed by atoms with van der Waals surface area (Å²) in [6.07, 6.45) is 0.425. The SMILES string of the molecule is CCCS(=O)(=O)Nc1cccc(S(=O)(=O)Nc2ccc(SC(F)F)cc2)c1. The maximum atomic E-state index is 12.5. The van der Waals surface area contributed by atoms with Gasteiger partial charge in [0.1, 0.15) is 0 Å². The van der Waals surface area contributed by atoms with Crippen LogP contribution in [0.5, 0.6) is 0 Å². The summed E-state index contributed by atoms with van der Waals surface area (Å²) >= 11 is 0.357. The van der Waals surface area contributed by atoms with Gasteiger partial charge in [-0.3, -0.25) is 9.44 Å². The van der Waals surface area contributed by atoms with Crippen molar-refractivity contribution in [3.63, 3.8) is 0 Å². The van der Waals surface area contributed by atoms with Crippen LogP contribution in [0.25, 0.3) is 0 Å². The standard InChI is InChI=1S/C16H18F2N2O4S3/c1-2-10-26(21,22)19-13-4-3-5-15(11-13)27(23,24)20-12-6-8-14(9-7-12)25-16(17)18/h3-9,11,16,19-20H,2,10H2,1H3. The summed E-state index contributed by atoms with van der Waals surface area (Å²) in [5.41, 5.74) is 0.334. The van der Waals surface area contributed by atoms with Crippen LogP contribution >= 0.6 is 11.8 Å². The van der Waals surface area contributed by atoms with Gasteiger partial charge in [0, 0.05) is 16.3 Å². The van der Waals surface area contributed by atoms with Gasteiger partial charge in [0.15, 0.2) is 0 Å². The Labute approximate surface area is 161 Å². The van der Waals surface area contributed by atoms with E-state index in [9.17, 15) is 25.6 Å². The molecule has 2 aromatic carbocycles. The van der Waals surface area contributed by atoms with Crippen LogP contribution in [-0.4, -0.2) is 28.3 Å². The molecule has 148 valence electrons. The molecule has 0 atom stereocenters. The van der Waals surface area contributed by atoms with E-state index in [1.54, 1.807) is 6.92 Å². The Hall–Kier alpha value is -1.85. The van der Waals surface area contributed by atoms with Gasteiger partial charge < -0.3 is 0 Å². The maximum Gasteiger partial charge on any atom is 0.288 e. The van der Waals surface area contributed by atoms with Crippen molar-refractivity contribution in [1.29, 1.82) is 0 Å². The summed E-state index contributed by atoms with van der Waals surface area (Å²) in [4.78, 5) is 0.172. The van der Waals surface area contributed by atoms with Crippen LogP contribution in [0.3, 0.4) is 0 Å². The van der Waals surface area contributed by atoms with Crippen LogP contribution in [0.1, 0.15) is 13.3 Å². The number of halogens is 2. The van der Waals surface area contributed by atoms with Gasteiger partial charge in [-0.15, -0.1) is 0 Å². The molecule has 0 bridgehead atoms. The molecular weight excluding hydrogens is 418 g/mol. The summed E-state index contributed by atoms with van der Waals surface area (Å²) in [6, 6.07) is 10.9. The second-order valence-corrected chi connectivity index (χ2v) is 10.0. The van der Waals surface area contributed by atoms with Crippen molar-refractivity contribution in [3.8, 4) is 0 Å². The lowest BCUT2D eigenvalue weighted by Gasteiger charge is -2.11. The third kappa shape index (κ3) is 6.67. The highest BCUT2D eigenvalue weighted by Crippen LogP contribution is 2.27. The lowest BCUT2D eigenvalue weighted by Crippen LogP contribution is -2.17. The van der Waals surface area contributed by atoms with E-state index in [1.807, 2.05) is 0 Å². The predicted molar refractivity (Wildman–Crippen MR) is 103 cm³/mol. The number of benzene rings is 2. The lowest BCUT2D eigenvalue weighted by atomic mass is 10.3. The first-order valence-corrected chi connectivity index (χ1v) is 11.8. The quantitative estimate of drug-likeness (QED) is 0.581. The fourth-order valence-corrected chi connectivity index (χ4v) is 4.87. The highest BCUT2D eigenvalue weighted by atomic mass is 32.2. The van der Waals surface area contributed by atoms with Gasteiger partial charge >= 0.3 is 0 Å². The van der Waals surface area contributed by atoms with Crippen molar-refractivity contribution in [1.82, 2.24) is 0 Å². The molecule has 2 N–H and O–H groups in total. The number of hydrogen-bond donors (Lipinski definition) is 2. The molecule has 0 radical (unpaired) electrons. The molecule has 0 unspecified atom stereocenters. The molecule has 6 nitrogen and oxygen atoms in total. The summed E-state index contributed by atoms with van der Waals surface area (Å²) in [6.45, 7) is 1.72. The lowest BCUT2D eigenvalue weighted by molar-refractivity contribution is 0.252. The second-order valence-electron chi connectivity index (χ2n) is 5.46. The van der Waals surface area contributed by atoms with Crippen molar-refractivity contribution in [2.75, 3.05) is 15.2 Å². The Morgan fingerprint density at radius 2 is 1.63 bits per heavy atom. The van der Waals surface area contributed by atoms with Gasteiger partial charge in [0.05, 0.1) is 10.6 Å². The molecule has 0 spiro atoms. The van der Waals surface area contributed by atoms with E-state index < -0.39 is 25.8 Å². The number of thioether (sulfide) groups is 1. The molecular formula is C16H18F2N2O4S3. The zero-order valence-electron chi connectivity index (χ0n) is 14.2. The normalized spacial score (nSPS) is 12.1. The Balaban J connectivity index is 2.18. The molecule has 0 aliphatic heterocycles. The summed E-state index contributed by atoms with van der Waals surface area (Å²) < 4.78 is 77.9. The molecule has 0 heterocycles. The van der Waals surface area contributed by atoms with E-state index in [-0.39, 0.29) is 22.0 Å². The third-order valence-electron chi connectivity index (χ3n) is 3.22. The molecule has 0 aliphatic rings. The van der Waals surface area contributed by atoms with Crippen molar-refractivity contribution < 1.29 is 25.6 Å². The van der Waals surface area contributed by atoms with Crippen molar-refractivity contribution in [3.05, 3.63) is 48.5 Å². The molecule has 27 heavy (non-hydrogen) atoms. The molecule has 0 amide bonds. The molecule has 2 aromatic rings. The first-order chi connectivity index (χ1) is 12.6. The minimum Gasteiger partial charge on any atom is -0.284 e. The summed E-state index contributed by atoms with van der Waals surface area (Å²) in [7, 11) is -7.53. The third-order valence-corrected chi connectivity index (χ3v) is 6.82. The largest absolute Gasteiger partial charge is 0.288 e. The van der Waals surface area contributed by atoms with Crippen LogP contribution in [0.2, 0.25) is 0 Å². The minimum atomic E-state index is -3.98. The fraction of sp³-hybridized carbons (Fsp3) is 0.250. The van der Waals surface area contributed by atoms with Gasteiger partial charge in [-0.05, 0) is 48.9 Å². The second kappa shape index (κ2) is 8.89. The molecule has 0 saturated heterocycles. The Morgan fingerprint density at radius 3 is 2.22 bits per heavy atom. The molecule has 2 rings (SSSR count). The molecule has 0 saturated carbocycles. The number of hydrogen-bond acceptors (Lipinski definition) is 5. The van der Waals surface area contributed by atoms with Crippen molar-refractivity contribution in [2.24, 2.45) is 0 Å². The maximum absolute atomic E-state index is 12.5. The van der Waals surface area contributed by atoms with Gasteiger partial charge in [-0.25, -0.2) is 16.8 Å². The van der Waals surface area contributed by atoms with Gasteiger partial charge in [-0.1, -0.05) is 24.8 Å².